The number of fused-ring (bicyclic) bond motifs is 1. The Labute approximate surface area is 115 Å². The Morgan fingerprint density at radius 3 is 2.70 bits per heavy atom. The van der Waals surface area contributed by atoms with Crippen LogP contribution >= 0.6 is 0 Å². The van der Waals surface area contributed by atoms with Gasteiger partial charge in [-0.25, -0.2) is 4.79 Å². The van der Waals surface area contributed by atoms with Gasteiger partial charge in [-0.15, -0.1) is 0 Å². The molecule has 1 atom stereocenters. The number of carbonyl (C=O) groups is 2. The number of H-pyrrole nitrogens is 1. The lowest BCUT2D eigenvalue weighted by atomic mass is 9.93. The number of hydrogen-bond acceptors (Lipinski definition) is 3. The van der Waals surface area contributed by atoms with Gasteiger partial charge in [0.05, 0.1) is 11.8 Å². The molecule has 0 saturated heterocycles. The predicted molar refractivity (Wildman–Crippen MR) is 70.0 cm³/mol. The molecule has 6 heteroatoms. The molecule has 0 radical (unpaired) electrons. The fraction of sp³-hybridized carbons (Fsp3) is 0.214. The average molecular weight is 271 g/mol. The highest BCUT2D eigenvalue weighted by Gasteiger charge is 2.35. The van der Waals surface area contributed by atoms with Crippen molar-refractivity contribution in [3.63, 3.8) is 0 Å². The number of aromatic nitrogens is 2. The van der Waals surface area contributed by atoms with Gasteiger partial charge in [-0.2, -0.15) is 5.10 Å². The molecule has 0 saturated carbocycles. The third-order valence-corrected chi connectivity index (χ3v) is 3.54. The van der Waals surface area contributed by atoms with E-state index in [-0.39, 0.29) is 5.91 Å². The van der Waals surface area contributed by atoms with Gasteiger partial charge < -0.3 is 10.0 Å². The highest BCUT2D eigenvalue weighted by Crippen LogP contribution is 2.24. The van der Waals surface area contributed by atoms with Crippen LogP contribution in [0.15, 0.2) is 36.7 Å². The second kappa shape index (κ2) is 4.80. The molecule has 0 fully saturated rings. The number of carboxylic acids is 1. The molecule has 2 aromatic rings. The zero-order valence-electron chi connectivity index (χ0n) is 10.6. The molecule has 2 heterocycles. The minimum Gasteiger partial charge on any atom is -0.480 e. The van der Waals surface area contributed by atoms with Gasteiger partial charge in [-0.05, 0) is 11.1 Å². The van der Waals surface area contributed by atoms with E-state index in [0.717, 1.165) is 11.1 Å². The topological polar surface area (TPSA) is 86.3 Å². The highest BCUT2D eigenvalue weighted by molar-refractivity contribution is 5.96. The Morgan fingerprint density at radius 1 is 1.30 bits per heavy atom. The van der Waals surface area contributed by atoms with Crippen LogP contribution in [0.4, 0.5) is 0 Å². The summed E-state index contributed by atoms with van der Waals surface area (Å²) in [4.78, 5) is 25.2. The minimum absolute atomic E-state index is 0.303. The fourth-order valence-corrected chi connectivity index (χ4v) is 2.49. The molecule has 1 aliphatic heterocycles. The summed E-state index contributed by atoms with van der Waals surface area (Å²) in [5.41, 5.74) is 2.34. The zero-order chi connectivity index (χ0) is 14.1. The Morgan fingerprint density at radius 2 is 2.05 bits per heavy atom. The molecule has 1 aliphatic rings. The number of carbonyl (C=O) groups excluding carboxylic acids is 1. The number of benzene rings is 1. The summed E-state index contributed by atoms with van der Waals surface area (Å²) >= 11 is 0. The Hall–Kier alpha value is -2.63. The summed E-state index contributed by atoms with van der Waals surface area (Å²) < 4.78 is 0. The molecule has 1 amide bonds. The fourth-order valence-electron chi connectivity index (χ4n) is 2.49. The number of aliphatic carboxylic acids is 1. The van der Waals surface area contributed by atoms with Crippen molar-refractivity contribution in [2.75, 3.05) is 0 Å². The van der Waals surface area contributed by atoms with E-state index in [2.05, 4.69) is 10.2 Å². The van der Waals surface area contributed by atoms with Crippen LogP contribution < -0.4 is 0 Å². The molecule has 1 unspecified atom stereocenters. The normalized spacial score (nSPS) is 17.6. The van der Waals surface area contributed by atoms with Crippen LogP contribution in [0.5, 0.6) is 0 Å². The Balaban J connectivity index is 1.96. The molecule has 1 aromatic carbocycles. The third-order valence-electron chi connectivity index (χ3n) is 3.54. The van der Waals surface area contributed by atoms with E-state index in [9.17, 15) is 14.7 Å². The quantitative estimate of drug-likeness (QED) is 0.855. The van der Waals surface area contributed by atoms with Crippen molar-refractivity contribution >= 4 is 11.9 Å². The van der Waals surface area contributed by atoms with Gasteiger partial charge in [-0.1, -0.05) is 24.3 Å². The molecule has 3 rings (SSSR count). The first-order valence-electron chi connectivity index (χ1n) is 6.26. The van der Waals surface area contributed by atoms with Gasteiger partial charge >= 0.3 is 5.97 Å². The van der Waals surface area contributed by atoms with Crippen LogP contribution in [0.3, 0.4) is 0 Å². The van der Waals surface area contributed by atoms with E-state index in [1.807, 2.05) is 24.3 Å². The van der Waals surface area contributed by atoms with Crippen LogP contribution in [0.2, 0.25) is 0 Å². The van der Waals surface area contributed by atoms with Crippen molar-refractivity contribution in [1.82, 2.24) is 15.1 Å². The molecular weight excluding hydrogens is 258 g/mol. The number of carboxylic acid groups (broad SMARTS) is 1. The van der Waals surface area contributed by atoms with E-state index in [0.29, 0.717) is 18.5 Å². The first kappa shape index (κ1) is 12.4. The Kier molecular flexibility index (Phi) is 2.98. The molecule has 6 nitrogen and oxygen atoms in total. The van der Waals surface area contributed by atoms with Gasteiger partial charge in [0.2, 0.25) is 0 Å². The smallest absolute Gasteiger partial charge is 0.326 e. The SMILES string of the molecule is O=C(O)C1Cc2ccccc2CN1C(=O)c1cn[nH]c1. The lowest BCUT2D eigenvalue weighted by molar-refractivity contribution is -0.142. The molecule has 0 spiro atoms. The highest BCUT2D eigenvalue weighted by atomic mass is 16.4. The first-order valence-corrected chi connectivity index (χ1v) is 6.26. The second-order valence-electron chi connectivity index (χ2n) is 4.75. The van der Waals surface area contributed by atoms with E-state index in [1.54, 1.807) is 0 Å². The molecular formula is C14H13N3O3. The van der Waals surface area contributed by atoms with Crippen LogP contribution in [-0.4, -0.2) is 38.1 Å². The average Bonchev–Trinajstić information content (AvgIpc) is 2.99. The van der Waals surface area contributed by atoms with Crippen LogP contribution in [0.1, 0.15) is 21.5 Å². The van der Waals surface area contributed by atoms with Crippen LogP contribution in [-0.2, 0) is 17.8 Å². The molecule has 0 bridgehead atoms. The monoisotopic (exact) mass is 271 g/mol. The number of hydrogen-bond donors (Lipinski definition) is 2. The number of amides is 1. The lowest BCUT2D eigenvalue weighted by Gasteiger charge is -2.34. The molecule has 102 valence electrons. The van der Waals surface area contributed by atoms with Gasteiger partial charge in [0.1, 0.15) is 6.04 Å². The van der Waals surface area contributed by atoms with E-state index in [1.165, 1.54) is 17.3 Å². The summed E-state index contributed by atoms with van der Waals surface area (Å²) in [6.07, 6.45) is 3.21. The summed E-state index contributed by atoms with van der Waals surface area (Å²) in [6.45, 7) is 0.303. The predicted octanol–water partition coefficient (Wildman–Crippen LogP) is 1.06. The molecule has 1 aromatic heterocycles. The Bertz CT molecular complexity index is 651. The van der Waals surface area contributed by atoms with Crippen molar-refractivity contribution in [1.29, 1.82) is 0 Å². The summed E-state index contributed by atoms with van der Waals surface area (Å²) in [7, 11) is 0. The lowest BCUT2D eigenvalue weighted by Crippen LogP contribution is -2.48. The number of nitrogens with one attached hydrogen (secondary N) is 1. The van der Waals surface area contributed by atoms with Crippen molar-refractivity contribution in [2.45, 2.75) is 19.0 Å². The first-order chi connectivity index (χ1) is 9.66. The molecule has 20 heavy (non-hydrogen) atoms. The van der Waals surface area contributed by atoms with Crippen molar-refractivity contribution < 1.29 is 14.7 Å². The maximum atomic E-state index is 12.4. The summed E-state index contributed by atoms with van der Waals surface area (Å²) in [5.74, 6) is -1.31. The van der Waals surface area contributed by atoms with Gasteiger partial charge in [0, 0.05) is 19.2 Å². The van der Waals surface area contributed by atoms with E-state index < -0.39 is 12.0 Å². The maximum Gasteiger partial charge on any atom is 0.326 e. The van der Waals surface area contributed by atoms with Crippen molar-refractivity contribution in [3.8, 4) is 0 Å². The van der Waals surface area contributed by atoms with E-state index >= 15 is 0 Å². The van der Waals surface area contributed by atoms with Gasteiger partial charge in [0.15, 0.2) is 0 Å². The standard InChI is InChI=1S/C14H13N3O3/c18-13(11-6-15-16-7-11)17-8-10-4-2-1-3-9(10)5-12(17)14(19)20/h1-4,6-7,12H,5,8H2,(H,15,16)(H,19,20). The van der Waals surface area contributed by atoms with Gasteiger partial charge in [-0.3, -0.25) is 9.89 Å². The molecule has 2 N–H and O–H groups in total. The number of aromatic amines is 1. The summed E-state index contributed by atoms with van der Waals surface area (Å²) in [6, 6.07) is 6.76. The summed E-state index contributed by atoms with van der Waals surface area (Å²) in [5, 5.41) is 15.7. The number of rotatable bonds is 2. The van der Waals surface area contributed by atoms with Crippen LogP contribution in [0, 0.1) is 0 Å². The van der Waals surface area contributed by atoms with Crippen molar-refractivity contribution in [2.24, 2.45) is 0 Å². The minimum atomic E-state index is -0.989. The largest absolute Gasteiger partial charge is 0.480 e. The maximum absolute atomic E-state index is 12.4. The second-order valence-corrected chi connectivity index (χ2v) is 4.75. The molecule has 0 aliphatic carbocycles. The van der Waals surface area contributed by atoms with E-state index in [4.69, 9.17) is 0 Å². The van der Waals surface area contributed by atoms with Gasteiger partial charge in [0.25, 0.3) is 5.91 Å². The number of nitrogens with zero attached hydrogens (tertiary/aromatic N) is 2. The van der Waals surface area contributed by atoms with Crippen molar-refractivity contribution in [3.05, 3.63) is 53.3 Å². The third kappa shape index (κ3) is 2.05. The van der Waals surface area contributed by atoms with Crippen LogP contribution in [0.25, 0.3) is 0 Å². The zero-order valence-corrected chi connectivity index (χ0v) is 10.6.